The van der Waals surface area contributed by atoms with Crippen molar-refractivity contribution < 1.29 is 23.7 Å². The summed E-state index contributed by atoms with van der Waals surface area (Å²) >= 11 is 0. The van der Waals surface area contributed by atoms with Crippen LogP contribution < -0.4 is 9.47 Å². The largest absolute Gasteiger partial charge is 0.493 e. The molecule has 0 radical (unpaired) electrons. The minimum absolute atomic E-state index is 0.116. The first-order chi connectivity index (χ1) is 12.5. The third kappa shape index (κ3) is 8.09. The predicted octanol–water partition coefficient (Wildman–Crippen LogP) is 4.27. The number of rotatable bonds is 13. The Morgan fingerprint density at radius 2 is 1.88 bits per heavy atom. The Hall–Kier alpha value is -1.75. The number of carbonyl (C=O) groups is 1. The van der Waals surface area contributed by atoms with Gasteiger partial charge in [-0.1, -0.05) is 19.9 Å². The van der Waals surface area contributed by atoms with E-state index in [0.717, 1.165) is 30.8 Å². The molecule has 1 rings (SSSR count). The van der Waals surface area contributed by atoms with Crippen molar-refractivity contribution >= 4 is 5.97 Å². The summed E-state index contributed by atoms with van der Waals surface area (Å²) in [5.74, 6) is 2.27. The molecule has 0 aliphatic carbocycles. The number of carbonyl (C=O) groups excluding carboxylic acids is 1. The van der Waals surface area contributed by atoms with E-state index in [1.807, 2.05) is 19.1 Å². The number of benzene rings is 1. The van der Waals surface area contributed by atoms with E-state index in [2.05, 4.69) is 19.9 Å². The van der Waals surface area contributed by atoms with Crippen molar-refractivity contribution in [3.63, 3.8) is 0 Å². The summed E-state index contributed by atoms with van der Waals surface area (Å²) in [6, 6.07) is 6.07. The Morgan fingerprint density at radius 1 is 1.12 bits per heavy atom. The van der Waals surface area contributed by atoms with E-state index in [-0.39, 0.29) is 5.97 Å². The van der Waals surface area contributed by atoms with E-state index in [4.69, 9.17) is 18.9 Å². The summed E-state index contributed by atoms with van der Waals surface area (Å²) < 4.78 is 21.4. The first-order valence-electron chi connectivity index (χ1n) is 9.46. The van der Waals surface area contributed by atoms with Crippen LogP contribution in [0.25, 0.3) is 0 Å². The molecule has 0 unspecified atom stereocenters. The fraction of sp³-hybridized carbons (Fsp3) is 0.667. The molecule has 26 heavy (non-hydrogen) atoms. The van der Waals surface area contributed by atoms with E-state index >= 15 is 0 Å². The van der Waals surface area contributed by atoms with Gasteiger partial charge in [0.05, 0.1) is 20.3 Å². The highest BCUT2D eigenvalue weighted by atomic mass is 16.5. The van der Waals surface area contributed by atoms with Crippen LogP contribution >= 0.6 is 0 Å². The minimum Gasteiger partial charge on any atom is -0.493 e. The molecule has 1 aromatic carbocycles. The van der Waals surface area contributed by atoms with Crippen LogP contribution in [0.2, 0.25) is 0 Å². The van der Waals surface area contributed by atoms with Crippen LogP contribution in [0.3, 0.4) is 0 Å². The Labute approximate surface area is 158 Å². The molecule has 1 aromatic rings. The molecule has 148 valence electrons. The second-order valence-corrected chi connectivity index (χ2v) is 6.73. The first kappa shape index (κ1) is 22.3. The zero-order valence-electron chi connectivity index (χ0n) is 16.9. The summed E-state index contributed by atoms with van der Waals surface area (Å²) in [7, 11) is 3.33. The van der Waals surface area contributed by atoms with Crippen molar-refractivity contribution in [2.45, 2.75) is 46.5 Å². The number of esters is 1. The lowest BCUT2D eigenvalue weighted by Crippen LogP contribution is -2.15. The van der Waals surface area contributed by atoms with Gasteiger partial charge >= 0.3 is 5.97 Å². The fourth-order valence-corrected chi connectivity index (χ4v) is 2.86. The zero-order valence-corrected chi connectivity index (χ0v) is 16.9. The summed E-state index contributed by atoms with van der Waals surface area (Å²) in [4.78, 5) is 11.7. The van der Waals surface area contributed by atoms with Crippen molar-refractivity contribution in [3.8, 4) is 11.5 Å². The van der Waals surface area contributed by atoms with Gasteiger partial charge in [0.2, 0.25) is 0 Å². The molecule has 1 atom stereocenters. The molecule has 5 heteroatoms. The summed E-state index contributed by atoms with van der Waals surface area (Å²) in [5.41, 5.74) is 1.19. The van der Waals surface area contributed by atoms with Gasteiger partial charge in [-0.15, -0.1) is 0 Å². The molecule has 0 aliphatic heterocycles. The van der Waals surface area contributed by atoms with Gasteiger partial charge in [-0.05, 0) is 49.3 Å². The van der Waals surface area contributed by atoms with Crippen LogP contribution in [0, 0.1) is 11.8 Å². The van der Waals surface area contributed by atoms with Crippen molar-refractivity contribution in [2.24, 2.45) is 11.8 Å². The monoisotopic (exact) mass is 366 g/mol. The topological polar surface area (TPSA) is 54.0 Å². The van der Waals surface area contributed by atoms with Gasteiger partial charge in [0.15, 0.2) is 11.5 Å². The van der Waals surface area contributed by atoms with E-state index in [0.29, 0.717) is 38.1 Å². The maximum Gasteiger partial charge on any atom is 0.305 e. The zero-order chi connectivity index (χ0) is 19.4. The van der Waals surface area contributed by atoms with Gasteiger partial charge in [0.25, 0.3) is 0 Å². The van der Waals surface area contributed by atoms with Crippen LogP contribution in [0.5, 0.6) is 11.5 Å². The molecule has 0 aliphatic rings. The smallest absolute Gasteiger partial charge is 0.305 e. The number of ether oxygens (including phenoxy) is 4. The van der Waals surface area contributed by atoms with Crippen molar-refractivity contribution in [3.05, 3.63) is 23.8 Å². The normalized spacial score (nSPS) is 12.1. The Bertz CT molecular complexity index is 527. The minimum atomic E-state index is -0.116. The number of hydrogen-bond acceptors (Lipinski definition) is 5. The van der Waals surface area contributed by atoms with Crippen LogP contribution in [-0.4, -0.2) is 40.0 Å². The van der Waals surface area contributed by atoms with Crippen molar-refractivity contribution in [1.29, 1.82) is 0 Å². The van der Waals surface area contributed by atoms with Gasteiger partial charge in [-0.2, -0.15) is 0 Å². The average Bonchev–Trinajstić information content (AvgIpc) is 2.62. The molecule has 0 fully saturated rings. The third-order valence-electron chi connectivity index (χ3n) is 4.44. The van der Waals surface area contributed by atoms with Gasteiger partial charge in [-0.25, -0.2) is 0 Å². The standard InChI is InChI=1S/C21H34O5/c1-6-25-21(22)11-9-18(16(2)3)14-17-8-10-19(24-5)20(15-17)26-13-7-12-23-4/h8,10,15-16,18H,6-7,9,11-14H2,1-5H3/t18-/m1/s1. The maximum atomic E-state index is 11.7. The van der Waals surface area contributed by atoms with Crippen LogP contribution in [-0.2, 0) is 20.7 Å². The lowest BCUT2D eigenvalue weighted by molar-refractivity contribution is -0.143. The molecular formula is C21H34O5. The highest BCUT2D eigenvalue weighted by Crippen LogP contribution is 2.31. The first-order valence-corrected chi connectivity index (χ1v) is 9.46. The van der Waals surface area contributed by atoms with E-state index < -0.39 is 0 Å². The number of methoxy groups -OCH3 is 2. The van der Waals surface area contributed by atoms with E-state index in [1.54, 1.807) is 14.2 Å². The molecule has 0 aromatic heterocycles. The highest BCUT2D eigenvalue weighted by Gasteiger charge is 2.17. The van der Waals surface area contributed by atoms with E-state index in [1.165, 1.54) is 5.56 Å². The van der Waals surface area contributed by atoms with Crippen LogP contribution in [0.15, 0.2) is 18.2 Å². The Kier molecular flexibility index (Phi) is 10.8. The molecule has 0 saturated heterocycles. The van der Waals surface area contributed by atoms with E-state index in [9.17, 15) is 4.79 Å². The second kappa shape index (κ2) is 12.6. The quantitative estimate of drug-likeness (QED) is 0.385. The Balaban J connectivity index is 2.73. The molecule has 0 saturated carbocycles. The van der Waals surface area contributed by atoms with Gasteiger partial charge in [-0.3, -0.25) is 4.79 Å². The number of hydrogen-bond donors (Lipinski definition) is 0. The molecule has 0 spiro atoms. The molecule has 0 heterocycles. The third-order valence-corrected chi connectivity index (χ3v) is 4.44. The maximum absolute atomic E-state index is 11.7. The van der Waals surface area contributed by atoms with Crippen LogP contribution in [0.4, 0.5) is 0 Å². The molecule has 0 amide bonds. The molecule has 5 nitrogen and oxygen atoms in total. The van der Waals surface area contributed by atoms with Crippen molar-refractivity contribution in [1.82, 2.24) is 0 Å². The van der Waals surface area contributed by atoms with Gasteiger partial charge in [0, 0.05) is 26.6 Å². The summed E-state index contributed by atoms with van der Waals surface area (Å²) in [6.07, 6.45) is 3.02. The fourth-order valence-electron chi connectivity index (χ4n) is 2.86. The van der Waals surface area contributed by atoms with Gasteiger partial charge in [0.1, 0.15) is 0 Å². The second-order valence-electron chi connectivity index (χ2n) is 6.73. The lowest BCUT2D eigenvalue weighted by atomic mass is 9.85. The van der Waals surface area contributed by atoms with Crippen molar-refractivity contribution in [2.75, 3.05) is 34.0 Å². The molecule has 0 bridgehead atoms. The average molecular weight is 366 g/mol. The molecular weight excluding hydrogens is 332 g/mol. The lowest BCUT2D eigenvalue weighted by Gasteiger charge is -2.21. The van der Waals surface area contributed by atoms with Gasteiger partial charge < -0.3 is 18.9 Å². The summed E-state index contributed by atoms with van der Waals surface area (Å²) in [6.45, 7) is 7.93. The molecule has 0 N–H and O–H groups in total. The summed E-state index contributed by atoms with van der Waals surface area (Å²) in [5, 5.41) is 0. The van der Waals surface area contributed by atoms with Crippen LogP contribution in [0.1, 0.15) is 45.6 Å². The SMILES string of the molecule is CCOC(=O)CC[C@H](Cc1ccc(OC)c(OCCCOC)c1)C(C)C. The predicted molar refractivity (Wildman–Crippen MR) is 103 cm³/mol. The Morgan fingerprint density at radius 3 is 2.50 bits per heavy atom. The highest BCUT2D eigenvalue weighted by molar-refractivity contribution is 5.69.